The van der Waals surface area contributed by atoms with Crippen LogP contribution in [-0.2, 0) is 7.05 Å². The molecule has 1 aromatic heterocycles. The van der Waals surface area contributed by atoms with Crippen LogP contribution in [0.5, 0.6) is 5.88 Å². The second kappa shape index (κ2) is 6.32. The number of ether oxygens (including phenoxy) is 1. The normalized spacial score (nSPS) is 12.3. The Kier molecular flexibility index (Phi) is 4.69. The number of rotatable bonds is 5. The summed E-state index contributed by atoms with van der Waals surface area (Å²) in [4.78, 5) is 0. The minimum atomic E-state index is -0.407. The lowest BCUT2D eigenvalue weighted by Gasteiger charge is -2.19. The van der Waals surface area contributed by atoms with Gasteiger partial charge in [-0.1, -0.05) is 11.6 Å². The fourth-order valence-corrected chi connectivity index (χ4v) is 2.61. The van der Waals surface area contributed by atoms with Gasteiger partial charge in [0, 0.05) is 24.3 Å². The summed E-state index contributed by atoms with van der Waals surface area (Å²) in [6.07, 6.45) is 0. The Labute approximate surface area is 127 Å². The maximum atomic E-state index is 13.4. The highest BCUT2D eigenvalue weighted by atomic mass is 35.5. The molecule has 0 spiro atoms. The molecule has 0 fully saturated rings. The third-order valence-corrected chi connectivity index (χ3v) is 3.41. The Morgan fingerprint density at radius 1 is 1.48 bits per heavy atom. The average molecular weight is 313 g/mol. The molecular formula is C14H18ClFN4O. The van der Waals surface area contributed by atoms with Crippen molar-refractivity contribution in [1.29, 1.82) is 0 Å². The van der Waals surface area contributed by atoms with Crippen LogP contribution in [-0.4, -0.2) is 23.4 Å². The fraction of sp³-hybridized carbons (Fsp3) is 0.357. The molecule has 2 aromatic rings. The van der Waals surface area contributed by atoms with E-state index in [1.165, 1.54) is 12.1 Å². The summed E-state index contributed by atoms with van der Waals surface area (Å²) in [6, 6.07) is 4.00. The molecule has 1 atom stereocenters. The maximum absolute atomic E-state index is 13.4. The van der Waals surface area contributed by atoms with Crippen molar-refractivity contribution in [3.8, 4) is 5.88 Å². The van der Waals surface area contributed by atoms with Crippen molar-refractivity contribution in [2.45, 2.75) is 13.0 Å². The number of hydrogen-bond acceptors (Lipinski definition) is 4. The molecule has 0 saturated heterocycles. The van der Waals surface area contributed by atoms with E-state index in [1.807, 2.05) is 6.92 Å². The molecule has 1 heterocycles. The van der Waals surface area contributed by atoms with Crippen LogP contribution in [0.15, 0.2) is 18.2 Å². The Balaban J connectivity index is 2.36. The molecule has 0 saturated carbocycles. The first-order valence-electron chi connectivity index (χ1n) is 6.46. The molecule has 21 heavy (non-hydrogen) atoms. The van der Waals surface area contributed by atoms with Crippen LogP contribution in [0.3, 0.4) is 0 Å². The molecule has 7 heteroatoms. The zero-order chi connectivity index (χ0) is 15.6. The minimum Gasteiger partial charge on any atom is -0.481 e. The maximum Gasteiger partial charge on any atom is 0.216 e. The summed E-state index contributed by atoms with van der Waals surface area (Å²) in [5.41, 5.74) is 8.06. The quantitative estimate of drug-likeness (QED) is 0.891. The van der Waals surface area contributed by atoms with Crippen LogP contribution in [0.4, 0.5) is 10.1 Å². The van der Waals surface area contributed by atoms with Crippen LogP contribution >= 0.6 is 11.6 Å². The number of hydrogen-bond donors (Lipinski definition) is 2. The highest BCUT2D eigenvalue weighted by molar-refractivity contribution is 6.30. The van der Waals surface area contributed by atoms with E-state index in [1.54, 1.807) is 24.9 Å². The predicted molar refractivity (Wildman–Crippen MR) is 81.3 cm³/mol. The molecule has 0 bridgehead atoms. The minimum absolute atomic E-state index is 0.258. The van der Waals surface area contributed by atoms with E-state index in [-0.39, 0.29) is 6.04 Å². The van der Waals surface area contributed by atoms with Crippen molar-refractivity contribution in [1.82, 2.24) is 9.78 Å². The van der Waals surface area contributed by atoms with Crippen molar-refractivity contribution in [3.05, 3.63) is 40.3 Å². The van der Waals surface area contributed by atoms with E-state index in [2.05, 4.69) is 10.4 Å². The van der Waals surface area contributed by atoms with Crippen molar-refractivity contribution in [2.24, 2.45) is 12.8 Å². The first kappa shape index (κ1) is 15.6. The zero-order valence-corrected chi connectivity index (χ0v) is 12.9. The highest BCUT2D eigenvalue weighted by Crippen LogP contribution is 2.30. The molecule has 2 rings (SSSR count). The molecular weight excluding hydrogens is 295 g/mol. The number of nitrogens with two attached hydrogens (primary N) is 1. The fourth-order valence-electron chi connectivity index (χ4n) is 2.38. The van der Waals surface area contributed by atoms with E-state index in [0.717, 1.165) is 11.3 Å². The van der Waals surface area contributed by atoms with Gasteiger partial charge in [0.05, 0.1) is 24.4 Å². The molecule has 0 aliphatic rings. The number of halogens is 2. The standard InChI is InChI=1S/C14H18ClFN4O/c1-8-13(14(21-3)20(2)19-8)12(7-17)18-11-5-9(15)4-10(16)6-11/h4-6,12,18H,7,17H2,1-3H3. The van der Waals surface area contributed by atoms with Gasteiger partial charge < -0.3 is 15.8 Å². The highest BCUT2D eigenvalue weighted by Gasteiger charge is 2.22. The van der Waals surface area contributed by atoms with Gasteiger partial charge in [-0.25, -0.2) is 9.07 Å². The average Bonchev–Trinajstić information content (AvgIpc) is 2.69. The zero-order valence-electron chi connectivity index (χ0n) is 12.2. The van der Waals surface area contributed by atoms with Crippen LogP contribution in [0.25, 0.3) is 0 Å². The summed E-state index contributed by atoms with van der Waals surface area (Å²) in [7, 11) is 3.37. The molecule has 0 amide bonds. The van der Waals surface area contributed by atoms with Gasteiger partial charge in [-0.2, -0.15) is 5.10 Å². The van der Waals surface area contributed by atoms with Crippen LogP contribution in [0, 0.1) is 12.7 Å². The van der Waals surface area contributed by atoms with Gasteiger partial charge >= 0.3 is 0 Å². The van der Waals surface area contributed by atoms with Crippen molar-refractivity contribution < 1.29 is 9.13 Å². The monoisotopic (exact) mass is 312 g/mol. The van der Waals surface area contributed by atoms with E-state index in [9.17, 15) is 4.39 Å². The molecule has 1 unspecified atom stereocenters. The second-order valence-corrected chi connectivity index (χ2v) is 5.16. The summed E-state index contributed by atoms with van der Waals surface area (Å²) in [6.45, 7) is 2.18. The van der Waals surface area contributed by atoms with Gasteiger partial charge in [0.15, 0.2) is 0 Å². The van der Waals surface area contributed by atoms with Gasteiger partial charge in [0.25, 0.3) is 0 Å². The van der Waals surface area contributed by atoms with Crippen LogP contribution < -0.4 is 15.8 Å². The van der Waals surface area contributed by atoms with E-state index in [4.69, 9.17) is 22.1 Å². The predicted octanol–water partition coefficient (Wildman–Crippen LogP) is 2.64. The van der Waals surface area contributed by atoms with E-state index < -0.39 is 5.82 Å². The lowest BCUT2D eigenvalue weighted by atomic mass is 10.1. The second-order valence-electron chi connectivity index (χ2n) is 4.72. The molecule has 0 aliphatic carbocycles. The molecule has 0 radical (unpaired) electrons. The van der Waals surface area contributed by atoms with Gasteiger partial charge in [0.1, 0.15) is 5.82 Å². The van der Waals surface area contributed by atoms with Gasteiger partial charge in [-0.15, -0.1) is 0 Å². The Hall–Kier alpha value is -1.79. The smallest absolute Gasteiger partial charge is 0.216 e. The summed E-state index contributed by atoms with van der Waals surface area (Å²) in [5, 5.41) is 7.82. The Bertz CT molecular complexity index is 624. The van der Waals surface area contributed by atoms with Gasteiger partial charge in [-0.05, 0) is 25.1 Å². The van der Waals surface area contributed by atoms with Crippen molar-refractivity contribution >= 4 is 17.3 Å². The largest absolute Gasteiger partial charge is 0.481 e. The summed E-state index contributed by atoms with van der Waals surface area (Å²) in [5.74, 6) is 0.216. The number of anilines is 1. The van der Waals surface area contributed by atoms with Gasteiger partial charge in [-0.3, -0.25) is 0 Å². The lowest BCUT2D eigenvalue weighted by Crippen LogP contribution is -2.21. The van der Waals surface area contributed by atoms with Gasteiger partial charge in [0.2, 0.25) is 5.88 Å². The number of nitrogens with zero attached hydrogens (tertiary/aromatic N) is 2. The first-order valence-corrected chi connectivity index (χ1v) is 6.84. The van der Waals surface area contributed by atoms with Crippen LogP contribution in [0.1, 0.15) is 17.3 Å². The topological polar surface area (TPSA) is 65.1 Å². The number of methoxy groups -OCH3 is 1. The van der Waals surface area contributed by atoms with E-state index >= 15 is 0 Å². The molecule has 3 N–H and O–H groups in total. The number of nitrogens with one attached hydrogen (secondary N) is 1. The van der Waals surface area contributed by atoms with Crippen molar-refractivity contribution in [3.63, 3.8) is 0 Å². The molecule has 114 valence electrons. The Morgan fingerprint density at radius 3 is 2.76 bits per heavy atom. The third kappa shape index (κ3) is 3.28. The first-order chi connectivity index (χ1) is 9.96. The number of benzene rings is 1. The third-order valence-electron chi connectivity index (χ3n) is 3.20. The summed E-state index contributed by atoms with van der Waals surface area (Å²) < 4.78 is 20.4. The Morgan fingerprint density at radius 2 is 2.19 bits per heavy atom. The number of aryl methyl sites for hydroxylation is 2. The van der Waals surface area contributed by atoms with E-state index in [0.29, 0.717) is 23.1 Å². The molecule has 5 nitrogen and oxygen atoms in total. The molecule has 0 aliphatic heterocycles. The van der Waals surface area contributed by atoms with Crippen molar-refractivity contribution in [2.75, 3.05) is 19.0 Å². The SMILES string of the molecule is COc1c(C(CN)Nc2cc(F)cc(Cl)c2)c(C)nn1C. The number of aromatic nitrogens is 2. The molecule has 1 aromatic carbocycles. The lowest BCUT2D eigenvalue weighted by molar-refractivity contribution is 0.367. The summed E-state index contributed by atoms with van der Waals surface area (Å²) >= 11 is 5.86. The van der Waals surface area contributed by atoms with Crippen LogP contribution in [0.2, 0.25) is 5.02 Å².